The lowest BCUT2D eigenvalue weighted by Gasteiger charge is -2.30. The summed E-state index contributed by atoms with van der Waals surface area (Å²) in [6.45, 7) is 4.23. The molecule has 2 nitrogen and oxygen atoms in total. The van der Waals surface area contributed by atoms with Gasteiger partial charge in [-0.3, -0.25) is 4.79 Å². The van der Waals surface area contributed by atoms with Crippen LogP contribution in [-0.2, 0) is 0 Å². The van der Waals surface area contributed by atoms with Gasteiger partial charge in [0.1, 0.15) is 0 Å². The summed E-state index contributed by atoms with van der Waals surface area (Å²) in [6, 6.07) is 8.03. The van der Waals surface area contributed by atoms with E-state index in [0.29, 0.717) is 12.2 Å². The molecule has 1 aliphatic rings. The highest BCUT2D eigenvalue weighted by Gasteiger charge is 2.21. The Bertz CT molecular complexity index is 400. The highest BCUT2D eigenvalue weighted by atomic mass is 16.1. The van der Waals surface area contributed by atoms with Gasteiger partial charge in [-0.05, 0) is 18.6 Å². The van der Waals surface area contributed by atoms with E-state index in [1.807, 2.05) is 18.2 Å². The summed E-state index contributed by atoms with van der Waals surface area (Å²) in [7, 11) is 0. The van der Waals surface area contributed by atoms with Crippen LogP contribution in [-0.4, -0.2) is 18.9 Å². The molecule has 0 amide bonds. The van der Waals surface area contributed by atoms with Crippen molar-refractivity contribution >= 4 is 11.5 Å². The van der Waals surface area contributed by atoms with Crippen molar-refractivity contribution in [2.75, 3.05) is 18.0 Å². The van der Waals surface area contributed by atoms with Gasteiger partial charge in [0, 0.05) is 30.8 Å². The molecule has 1 aromatic rings. The molecule has 2 rings (SSSR count). The molecular formula is C16H23NO. The molecule has 0 saturated carbocycles. The van der Waals surface area contributed by atoms with Gasteiger partial charge in [-0.25, -0.2) is 0 Å². The van der Waals surface area contributed by atoms with Crippen LogP contribution in [0.3, 0.4) is 0 Å². The number of carbonyl (C=O) groups excluding carboxylic acids is 1. The van der Waals surface area contributed by atoms with E-state index in [1.165, 1.54) is 32.1 Å². The van der Waals surface area contributed by atoms with Crippen molar-refractivity contribution in [1.29, 1.82) is 0 Å². The van der Waals surface area contributed by atoms with Gasteiger partial charge in [0.25, 0.3) is 0 Å². The Hall–Kier alpha value is -1.31. The van der Waals surface area contributed by atoms with E-state index < -0.39 is 0 Å². The number of Topliss-reactive ketones (excluding diaryl/α,β-unsaturated/α-hetero) is 1. The summed E-state index contributed by atoms with van der Waals surface area (Å²) in [5.41, 5.74) is 2.06. The van der Waals surface area contributed by atoms with Gasteiger partial charge in [-0.1, -0.05) is 44.7 Å². The largest absolute Gasteiger partial charge is 0.370 e. The second-order valence-corrected chi connectivity index (χ2v) is 5.09. The van der Waals surface area contributed by atoms with Crippen LogP contribution in [0.1, 0.15) is 55.8 Å². The van der Waals surface area contributed by atoms with Crippen LogP contribution in [0, 0.1) is 0 Å². The molecule has 0 unspecified atom stereocenters. The monoisotopic (exact) mass is 245 g/mol. The Labute approximate surface area is 110 Å². The Morgan fingerprint density at radius 2 is 1.89 bits per heavy atom. The first-order valence-corrected chi connectivity index (χ1v) is 7.20. The molecule has 0 radical (unpaired) electrons. The van der Waals surface area contributed by atoms with Crippen molar-refractivity contribution < 1.29 is 4.79 Å². The van der Waals surface area contributed by atoms with Gasteiger partial charge < -0.3 is 4.90 Å². The second-order valence-electron chi connectivity index (χ2n) is 5.09. The Kier molecular flexibility index (Phi) is 4.80. The summed E-state index contributed by atoms with van der Waals surface area (Å²) >= 11 is 0. The van der Waals surface area contributed by atoms with Crippen molar-refractivity contribution in [3.8, 4) is 0 Å². The van der Waals surface area contributed by atoms with E-state index >= 15 is 0 Å². The molecule has 0 saturated heterocycles. The minimum atomic E-state index is 0.299. The molecule has 2 heteroatoms. The van der Waals surface area contributed by atoms with E-state index in [4.69, 9.17) is 0 Å². The molecule has 0 aliphatic carbocycles. The van der Waals surface area contributed by atoms with Gasteiger partial charge in [-0.15, -0.1) is 0 Å². The van der Waals surface area contributed by atoms with Crippen LogP contribution in [0.25, 0.3) is 0 Å². The average Bonchev–Trinajstić information content (AvgIpc) is 2.41. The van der Waals surface area contributed by atoms with Gasteiger partial charge >= 0.3 is 0 Å². The van der Waals surface area contributed by atoms with Crippen molar-refractivity contribution in [3.63, 3.8) is 0 Å². The molecule has 0 fully saturated rings. The summed E-state index contributed by atoms with van der Waals surface area (Å²) in [4.78, 5) is 14.2. The molecule has 1 heterocycles. The molecule has 0 spiro atoms. The van der Waals surface area contributed by atoms with Crippen LogP contribution in [0.5, 0.6) is 0 Å². The van der Waals surface area contributed by atoms with Gasteiger partial charge in [0.15, 0.2) is 5.78 Å². The standard InChI is InChI=1S/C16H23NO/c1-2-3-4-5-8-12-17-13-11-16(18)14-9-6-7-10-15(14)17/h6-7,9-10H,2-5,8,11-13H2,1H3. The number of ketones is 1. The number of anilines is 1. The normalized spacial score (nSPS) is 14.7. The molecule has 0 bridgehead atoms. The Balaban J connectivity index is 1.91. The quantitative estimate of drug-likeness (QED) is 0.705. The second kappa shape index (κ2) is 6.58. The number of carbonyl (C=O) groups is 1. The zero-order valence-electron chi connectivity index (χ0n) is 11.3. The van der Waals surface area contributed by atoms with Gasteiger partial charge in [0.05, 0.1) is 0 Å². The fourth-order valence-electron chi connectivity index (χ4n) is 2.62. The lowest BCUT2D eigenvalue weighted by molar-refractivity contribution is 0.0980. The molecule has 1 aromatic carbocycles. The summed E-state index contributed by atoms with van der Waals surface area (Å²) in [5, 5.41) is 0. The van der Waals surface area contributed by atoms with Gasteiger partial charge in [-0.2, -0.15) is 0 Å². The molecule has 0 aromatic heterocycles. The van der Waals surface area contributed by atoms with Crippen molar-refractivity contribution in [1.82, 2.24) is 0 Å². The first-order chi connectivity index (χ1) is 8.83. The van der Waals surface area contributed by atoms with E-state index in [-0.39, 0.29) is 0 Å². The van der Waals surface area contributed by atoms with E-state index in [0.717, 1.165) is 24.3 Å². The fourth-order valence-corrected chi connectivity index (χ4v) is 2.62. The lowest BCUT2D eigenvalue weighted by Crippen LogP contribution is -2.32. The highest BCUT2D eigenvalue weighted by Crippen LogP contribution is 2.26. The summed E-state index contributed by atoms with van der Waals surface area (Å²) < 4.78 is 0. The Morgan fingerprint density at radius 1 is 1.11 bits per heavy atom. The van der Waals surface area contributed by atoms with Crippen LogP contribution < -0.4 is 4.90 Å². The van der Waals surface area contributed by atoms with Crippen molar-refractivity contribution in [2.24, 2.45) is 0 Å². The van der Waals surface area contributed by atoms with E-state index in [9.17, 15) is 4.79 Å². The van der Waals surface area contributed by atoms with Crippen molar-refractivity contribution in [2.45, 2.75) is 45.4 Å². The third-order valence-corrected chi connectivity index (χ3v) is 3.69. The number of nitrogens with zero attached hydrogens (tertiary/aromatic N) is 1. The maximum Gasteiger partial charge on any atom is 0.166 e. The fraction of sp³-hybridized carbons (Fsp3) is 0.562. The first kappa shape index (κ1) is 13.1. The minimum Gasteiger partial charge on any atom is -0.370 e. The molecule has 1 aliphatic heterocycles. The number of rotatable bonds is 6. The SMILES string of the molecule is CCCCCCCN1CCC(=O)c2ccccc21. The number of fused-ring (bicyclic) bond motifs is 1. The molecule has 18 heavy (non-hydrogen) atoms. The van der Waals surface area contributed by atoms with Crippen LogP contribution >= 0.6 is 0 Å². The number of para-hydroxylation sites is 1. The van der Waals surface area contributed by atoms with Crippen molar-refractivity contribution in [3.05, 3.63) is 29.8 Å². The summed E-state index contributed by atoms with van der Waals surface area (Å²) in [5.74, 6) is 0.299. The van der Waals surface area contributed by atoms with E-state index in [2.05, 4.69) is 17.9 Å². The predicted octanol–water partition coefficient (Wildman–Crippen LogP) is 4.05. The molecule has 0 atom stereocenters. The molecule has 98 valence electrons. The maximum atomic E-state index is 11.8. The average molecular weight is 245 g/mol. The number of benzene rings is 1. The van der Waals surface area contributed by atoms with Crippen LogP contribution in [0.15, 0.2) is 24.3 Å². The maximum absolute atomic E-state index is 11.8. The van der Waals surface area contributed by atoms with E-state index in [1.54, 1.807) is 0 Å². The third-order valence-electron chi connectivity index (χ3n) is 3.69. The zero-order chi connectivity index (χ0) is 12.8. The highest BCUT2D eigenvalue weighted by molar-refractivity contribution is 6.03. The topological polar surface area (TPSA) is 20.3 Å². The molecular weight excluding hydrogens is 222 g/mol. The number of unbranched alkanes of at least 4 members (excludes halogenated alkanes) is 4. The lowest BCUT2D eigenvalue weighted by atomic mass is 10.00. The van der Waals surface area contributed by atoms with Gasteiger partial charge in [0.2, 0.25) is 0 Å². The third kappa shape index (κ3) is 3.12. The van der Waals surface area contributed by atoms with Crippen LogP contribution in [0.4, 0.5) is 5.69 Å². The minimum absolute atomic E-state index is 0.299. The zero-order valence-corrected chi connectivity index (χ0v) is 11.3. The summed E-state index contributed by atoms with van der Waals surface area (Å²) in [6.07, 6.45) is 7.19. The number of hydrogen-bond donors (Lipinski definition) is 0. The predicted molar refractivity (Wildman–Crippen MR) is 76.4 cm³/mol. The first-order valence-electron chi connectivity index (χ1n) is 7.20. The molecule has 0 N–H and O–H groups in total. The van der Waals surface area contributed by atoms with Crippen LogP contribution in [0.2, 0.25) is 0 Å². The Morgan fingerprint density at radius 3 is 2.72 bits per heavy atom. The smallest absolute Gasteiger partial charge is 0.166 e. The number of hydrogen-bond acceptors (Lipinski definition) is 2.